The summed E-state index contributed by atoms with van der Waals surface area (Å²) in [4.78, 5) is 45.4. The van der Waals surface area contributed by atoms with Gasteiger partial charge in [-0.2, -0.15) is 0 Å². The highest BCUT2D eigenvalue weighted by molar-refractivity contribution is 6.00. The van der Waals surface area contributed by atoms with Crippen molar-refractivity contribution in [1.29, 1.82) is 0 Å². The molecule has 3 aromatic rings. The van der Waals surface area contributed by atoms with Gasteiger partial charge in [0, 0.05) is 57.9 Å². The minimum absolute atomic E-state index is 0.0485. The van der Waals surface area contributed by atoms with Crippen LogP contribution in [0.25, 0.3) is 0 Å². The fraction of sp³-hybridized carbons (Fsp3) is 0.364. The van der Waals surface area contributed by atoms with E-state index in [0.717, 1.165) is 41.4 Å². The summed E-state index contributed by atoms with van der Waals surface area (Å²) in [5.41, 5.74) is 3.77. The van der Waals surface area contributed by atoms with Crippen molar-refractivity contribution in [2.75, 3.05) is 76.8 Å². The van der Waals surface area contributed by atoms with Gasteiger partial charge in [-0.1, -0.05) is 24.3 Å². The molecule has 0 aromatic heterocycles. The number of methoxy groups -OCH3 is 2. The van der Waals surface area contributed by atoms with Crippen LogP contribution in [0.2, 0.25) is 0 Å². The molecule has 2 heterocycles. The van der Waals surface area contributed by atoms with Crippen LogP contribution < -0.4 is 25.0 Å². The van der Waals surface area contributed by atoms with Crippen molar-refractivity contribution in [3.63, 3.8) is 0 Å². The third kappa shape index (κ3) is 7.64. The third-order valence-corrected chi connectivity index (χ3v) is 7.93. The van der Waals surface area contributed by atoms with Gasteiger partial charge in [-0.25, -0.2) is 0 Å². The number of hydrogen-bond donors (Lipinski definition) is 2. The molecular formula is C33H39N5O5. The number of nitrogens with one attached hydrogen (secondary N) is 2. The second kappa shape index (κ2) is 14.1. The van der Waals surface area contributed by atoms with Crippen LogP contribution in [0.5, 0.6) is 11.5 Å². The molecule has 0 radical (unpaired) electrons. The molecule has 0 saturated carbocycles. The van der Waals surface area contributed by atoms with E-state index in [-0.39, 0.29) is 24.1 Å². The van der Waals surface area contributed by atoms with Crippen LogP contribution in [0, 0.1) is 0 Å². The highest BCUT2D eigenvalue weighted by Crippen LogP contribution is 2.30. The Bertz CT molecular complexity index is 1410. The van der Waals surface area contributed by atoms with E-state index in [0.29, 0.717) is 56.9 Å². The number of rotatable bonds is 9. The Balaban J connectivity index is 1.28. The monoisotopic (exact) mass is 585 g/mol. The molecule has 2 fully saturated rings. The Morgan fingerprint density at radius 2 is 1.30 bits per heavy atom. The van der Waals surface area contributed by atoms with Gasteiger partial charge in [-0.05, 0) is 53.6 Å². The number of hydrogen-bond acceptors (Lipinski definition) is 7. The predicted octanol–water partition coefficient (Wildman–Crippen LogP) is 2.82. The van der Waals surface area contributed by atoms with Gasteiger partial charge in [0.15, 0.2) is 0 Å². The first kappa shape index (κ1) is 29.9. The highest BCUT2D eigenvalue weighted by atomic mass is 16.5. The maximum Gasteiger partial charge on any atom is 0.254 e. The average molecular weight is 586 g/mol. The lowest BCUT2D eigenvalue weighted by Gasteiger charge is -2.37. The van der Waals surface area contributed by atoms with E-state index in [4.69, 9.17) is 9.47 Å². The normalized spacial score (nSPS) is 15.2. The van der Waals surface area contributed by atoms with Gasteiger partial charge in [0.2, 0.25) is 11.8 Å². The molecule has 0 bridgehead atoms. The van der Waals surface area contributed by atoms with E-state index in [1.165, 1.54) is 0 Å². The summed E-state index contributed by atoms with van der Waals surface area (Å²) >= 11 is 0. The van der Waals surface area contributed by atoms with Crippen LogP contribution in [0.3, 0.4) is 0 Å². The van der Waals surface area contributed by atoms with E-state index in [1.807, 2.05) is 70.5 Å². The van der Waals surface area contributed by atoms with Crippen LogP contribution in [-0.4, -0.2) is 94.1 Å². The molecule has 0 spiro atoms. The largest absolute Gasteiger partial charge is 0.497 e. The smallest absolute Gasteiger partial charge is 0.254 e. The Labute approximate surface area is 252 Å². The summed E-state index contributed by atoms with van der Waals surface area (Å²) in [5.74, 6) is 1.35. The van der Waals surface area contributed by atoms with Crippen molar-refractivity contribution in [1.82, 2.24) is 15.1 Å². The Morgan fingerprint density at radius 3 is 1.88 bits per heavy atom. The van der Waals surface area contributed by atoms with Crippen LogP contribution in [0.4, 0.5) is 11.4 Å². The fourth-order valence-corrected chi connectivity index (χ4v) is 5.45. The number of amides is 3. The standard InChI is InChI=1S/C33H39N5O5/c1-42-27-8-3-24(4-9-27)21-31(39)35-29-23-26(33(41)38-15-13-34-14-16-38)7-12-30(29)36-17-19-37(20-18-36)32(40)22-25-5-10-28(43-2)11-6-25/h3-12,23,34H,13-22H2,1-2H3,(H,35,39). The average Bonchev–Trinajstić information content (AvgIpc) is 3.05. The highest BCUT2D eigenvalue weighted by Gasteiger charge is 2.25. The van der Waals surface area contributed by atoms with E-state index < -0.39 is 0 Å². The zero-order valence-corrected chi connectivity index (χ0v) is 24.8. The first-order valence-electron chi connectivity index (χ1n) is 14.7. The summed E-state index contributed by atoms with van der Waals surface area (Å²) in [7, 11) is 3.23. The molecule has 5 rings (SSSR count). The fourth-order valence-electron chi connectivity index (χ4n) is 5.45. The van der Waals surface area contributed by atoms with Crippen LogP contribution in [-0.2, 0) is 22.4 Å². The molecule has 0 atom stereocenters. The number of carbonyl (C=O) groups excluding carboxylic acids is 3. The number of ether oxygens (including phenoxy) is 2. The quantitative estimate of drug-likeness (QED) is 0.398. The van der Waals surface area contributed by atoms with Gasteiger partial charge < -0.3 is 34.8 Å². The molecule has 0 unspecified atom stereocenters. The van der Waals surface area contributed by atoms with E-state index in [2.05, 4.69) is 15.5 Å². The molecular weight excluding hydrogens is 546 g/mol. The van der Waals surface area contributed by atoms with E-state index in [9.17, 15) is 14.4 Å². The van der Waals surface area contributed by atoms with Crippen molar-refractivity contribution >= 4 is 29.1 Å². The van der Waals surface area contributed by atoms with Gasteiger partial charge in [-0.3, -0.25) is 14.4 Å². The lowest BCUT2D eigenvalue weighted by Crippen LogP contribution is -2.49. The van der Waals surface area contributed by atoms with Crippen LogP contribution in [0.15, 0.2) is 66.7 Å². The second-order valence-electron chi connectivity index (χ2n) is 10.7. The molecule has 10 heteroatoms. The summed E-state index contributed by atoms with van der Waals surface area (Å²) in [6.45, 7) is 5.17. The first-order valence-corrected chi connectivity index (χ1v) is 14.7. The molecule has 3 amide bonds. The van der Waals surface area contributed by atoms with Crippen LogP contribution >= 0.6 is 0 Å². The lowest BCUT2D eigenvalue weighted by atomic mass is 10.1. The number of benzene rings is 3. The van der Waals surface area contributed by atoms with Gasteiger partial charge in [0.1, 0.15) is 11.5 Å². The number of anilines is 2. The molecule has 2 saturated heterocycles. The molecule has 3 aromatic carbocycles. The maximum atomic E-state index is 13.3. The topological polar surface area (TPSA) is 103 Å². The van der Waals surface area contributed by atoms with Gasteiger partial charge in [-0.15, -0.1) is 0 Å². The van der Waals surface area contributed by atoms with Crippen molar-refractivity contribution in [3.8, 4) is 11.5 Å². The maximum absolute atomic E-state index is 13.3. The van der Waals surface area contributed by atoms with Crippen molar-refractivity contribution < 1.29 is 23.9 Å². The minimum atomic E-state index is -0.175. The summed E-state index contributed by atoms with van der Waals surface area (Å²) < 4.78 is 10.4. The molecule has 226 valence electrons. The molecule has 10 nitrogen and oxygen atoms in total. The zero-order chi connectivity index (χ0) is 30.2. The van der Waals surface area contributed by atoms with E-state index >= 15 is 0 Å². The molecule has 0 aliphatic carbocycles. The zero-order valence-electron chi connectivity index (χ0n) is 24.8. The van der Waals surface area contributed by atoms with Gasteiger partial charge in [0.05, 0.1) is 38.4 Å². The second-order valence-corrected chi connectivity index (χ2v) is 10.7. The van der Waals surface area contributed by atoms with Gasteiger partial charge in [0.25, 0.3) is 5.91 Å². The molecule has 2 aliphatic rings. The van der Waals surface area contributed by atoms with Gasteiger partial charge >= 0.3 is 0 Å². The summed E-state index contributed by atoms with van der Waals surface area (Å²) in [6, 6.07) is 20.5. The van der Waals surface area contributed by atoms with Crippen LogP contribution in [0.1, 0.15) is 21.5 Å². The Morgan fingerprint density at radius 1 is 0.721 bits per heavy atom. The summed E-state index contributed by atoms with van der Waals surface area (Å²) in [5, 5.41) is 6.35. The van der Waals surface area contributed by atoms with Crippen molar-refractivity contribution in [3.05, 3.63) is 83.4 Å². The molecule has 43 heavy (non-hydrogen) atoms. The Hall–Kier alpha value is -4.57. The number of piperazine rings is 2. The van der Waals surface area contributed by atoms with Crippen molar-refractivity contribution in [2.24, 2.45) is 0 Å². The molecule has 2 N–H and O–H groups in total. The molecule has 2 aliphatic heterocycles. The predicted molar refractivity (Wildman–Crippen MR) is 166 cm³/mol. The lowest BCUT2D eigenvalue weighted by molar-refractivity contribution is -0.130. The third-order valence-electron chi connectivity index (χ3n) is 7.93. The van der Waals surface area contributed by atoms with Crippen molar-refractivity contribution in [2.45, 2.75) is 12.8 Å². The van der Waals surface area contributed by atoms with E-state index in [1.54, 1.807) is 20.3 Å². The Kier molecular flexibility index (Phi) is 9.78. The number of carbonyl (C=O) groups is 3. The first-order chi connectivity index (χ1) is 20.9. The summed E-state index contributed by atoms with van der Waals surface area (Å²) in [6.07, 6.45) is 0.520. The SMILES string of the molecule is COc1ccc(CC(=O)Nc2cc(C(=O)N3CCNCC3)ccc2N2CCN(C(=O)Cc3ccc(OC)cc3)CC2)cc1. The number of nitrogens with zero attached hydrogens (tertiary/aromatic N) is 3. The minimum Gasteiger partial charge on any atom is -0.497 e.